The van der Waals surface area contributed by atoms with E-state index in [1.54, 1.807) is 12.1 Å². The molecule has 0 aliphatic carbocycles. The first kappa shape index (κ1) is 11.3. The molecule has 0 spiro atoms. The average molecular weight is 253 g/mol. The fourth-order valence-electron chi connectivity index (χ4n) is 2.15. The Morgan fingerprint density at radius 3 is 2.58 bits per heavy atom. The van der Waals surface area contributed by atoms with Gasteiger partial charge in [0.2, 0.25) is 0 Å². The number of aromatic hydroxyl groups is 1. The number of para-hydroxylation sites is 2. The lowest BCUT2D eigenvalue weighted by Crippen LogP contribution is -1.97. The van der Waals surface area contributed by atoms with Gasteiger partial charge in [0.15, 0.2) is 0 Å². The third-order valence-electron chi connectivity index (χ3n) is 3.09. The second-order valence-corrected chi connectivity index (χ2v) is 4.28. The van der Waals surface area contributed by atoms with Crippen LogP contribution in [0.1, 0.15) is 10.4 Å². The molecule has 0 amide bonds. The van der Waals surface area contributed by atoms with Crippen LogP contribution >= 0.6 is 0 Å². The number of rotatable bonds is 2. The van der Waals surface area contributed by atoms with Gasteiger partial charge in [0, 0.05) is 16.5 Å². The number of phenols is 1. The van der Waals surface area contributed by atoms with E-state index in [-0.39, 0.29) is 11.3 Å². The minimum atomic E-state index is -1.14. The van der Waals surface area contributed by atoms with Crippen molar-refractivity contribution in [2.24, 2.45) is 0 Å². The maximum Gasteiger partial charge on any atom is 0.339 e. The molecular formula is C15H11NO3. The van der Waals surface area contributed by atoms with Crippen LogP contribution in [0, 0.1) is 0 Å². The fourth-order valence-corrected chi connectivity index (χ4v) is 2.15. The van der Waals surface area contributed by atoms with Crippen molar-refractivity contribution in [1.29, 1.82) is 0 Å². The monoisotopic (exact) mass is 253 g/mol. The molecule has 1 heterocycles. The third-order valence-corrected chi connectivity index (χ3v) is 3.09. The fraction of sp³-hybridized carbons (Fsp3) is 0. The van der Waals surface area contributed by atoms with Gasteiger partial charge >= 0.3 is 5.97 Å². The van der Waals surface area contributed by atoms with E-state index in [4.69, 9.17) is 5.11 Å². The molecule has 3 aromatic rings. The van der Waals surface area contributed by atoms with E-state index in [1.807, 2.05) is 30.3 Å². The number of H-pyrrole nitrogens is 1. The molecule has 0 aliphatic heterocycles. The molecule has 0 radical (unpaired) electrons. The summed E-state index contributed by atoms with van der Waals surface area (Å²) in [5.74, 6) is -1.36. The van der Waals surface area contributed by atoms with Gasteiger partial charge in [-0.25, -0.2) is 4.79 Å². The van der Waals surface area contributed by atoms with Crippen LogP contribution in [0.3, 0.4) is 0 Å². The Bertz CT molecular complexity index is 741. The number of nitrogens with one attached hydrogen (secondary N) is 1. The number of carboxylic acids is 1. The molecule has 0 unspecified atom stereocenters. The Kier molecular flexibility index (Phi) is 2.49. The maximum absolute atomic E-state index is 11.0. The topological polar surface area (TPSA) is 73.3 Å². The highest BCUT2D eigenvalue weighted by Gasteiger charge is 2.15. The van der Waals surface area contributed by atoms with Crippen LogP contribution in [-0.2, 0) is 0 Å². The van der Waals surface area contributed by atoms with Crippen molar-refractivity contribution < 1.29 is 15.0 Å². The van der Waals surface area contributed by atoms with E-state index in [0.717, 1.165) is 10.9 Å². The van der Waals surface area contributed by atoms with E-state index in [2.05, 4.69) is 4.98 Å². The van der Waals surface area contributed by atoms with Gasteiger partial charge < -0.3 is 15.2 Å². The molecular weight excluding hydrogens is 242 g/mol. The van der Waals surface area contributed by atoms with Gasteiger partial charge in [0.05, 0.1) is 5.69 Å². The summed E-state index contributed by atoms with van der Waals surface area (Å²) in [5.41, 5.74) is 2.02. The van der Waals surface area contributed by atoms with Gasteiger partial charge in [-0.2, -0.15) is 0 Å². The van der Waals surface area contributed by atoms with Gasteiger partial charge in [-0.1, -0.05) is 24.3 Å². The zero-order chi connectivity index (χ0) is 13.4. The van der Waals surface area contributed by atoms with Crippen molar-refractivity contribution in [2.45, 2.75) is 0 Å². The average Bonchev–Trinajstić information content (AvgIpc) is 2.82. The van der Waals surface area contributed by atoms with Gasteiger partial charge in [-0.15, -0.1) is 0 Å². The van der Waals surface area contributed by atoms with Crippen molar-refractivity contribution in [3.05, 3.63) is 54.1 Å². The molecule has 19 heavy (non-hydrogen) atoms. The highest BCUT2D eigenvalue weighted by Crippen LogP contribution is 2.33. The number of hydrogen-bond donors (Lipinski definition) is 3. The Morgan fingerprint density at radius 2 is 1.84 bits per heavy atom. The molecule has 0 bridgehead atoms. The SMILES string of the molecule is O=C(O)c1cccc(-c2cc3ccccc3[nH]2)c1O. The molecule has 4 heteroatoms. The molecule has 0 saturated carbocycles. The van der Waals surface area contributed by atoms with Crippen LogP contribution in [0.15, 0.2) is 48.5 Å². The van der Waals surface area contributed by atoms with Gasteiger partial charge in [0.1, 0.15) is 11.3 Å². The van der Waals surface area contributed by atoms with Crippen molar-refractivity contribution >= 4 is 16.9 Å². The van der Waals surface area contributed by atoms with E-state index >= 15 is 0 Å². The summed E-state index contributed by atoms with van der Waals surface area (Å²) in [4.78, 5) is 14.2. The molecule has 0 atom stereocenters. The van der Waals surface area contributed by atoms with Crippen LogP contribution in [0.25, 0.3) is 22.2 Å². The molecule has 0 aliphatic rings. The van der Waals surface area contributed by atoms with Crippen molar-refractivity contribution in [2.75, 3.05) is 0 Å². The number of aromatic amines is 1. The Hall–Kier alpha value is -2.75. The summed E-state index contributed by atoms with van der Waals surface area (Å²) in [6, 6.07) is 14.3. The first-order chi connectivity index (χ1) is 9.16. The lowest BCUT2D eigenvalue weighted by Gasteiger charge is -2.05. The van der Waals surface area contributed by atoms with Crippen molar-refractivity contribution in [1.82, 2.24) is 4.98 Å². The normalized spacial score (nSPS) is 10.7. The van der Waals surface area contributed by atoms with Gasteiger partial charge in [0.25, 0.3) is 0 Å². The molecule has 3 rings (SSSR count). The number of hydrogen-bond acceptors (Lipinski definition) is 2. The summed E-state index contributed by atoms with van der Waals surface area (Å²) in [5, 5.41) is 20.1. The zero-order valence-corrected chi connectivity index (χ0v) is 9.92. The largest absolute Gasteiger partial charge is 0.506 e. The summed E-state index contributed by atoms with van der Waals surface area (Å²) in [7, 11) is 0. The number of aromatic carboxylic acids is 1. The number of carbonyl (C=O) groups is 1. The van der Waals surface area contributed by atoms with E-state index in [1.165, 1.54) is 6.07 Å². The number of fused-ring (bicyclic) bond motifs is 1. The summed E-state index contributed by atoms with van der Waals surface area (Å²) in [6.45, 7) is 0. The van der Waals surface area contributed by atoms with Gasteiger partial charge in [-0.05, 0) is 24.3 Å². The molecule has 0 fully saturated rings. The van der Waals surface area contributed by atoms with Crippen LogP contribution < -0.4 is 0 Å². The maximum atomic E-state index is 11.0. The third kappa shape index (κ3) is 1.83. The first-order valence-electron chi connectivity index (χ1n) is 5.80. The molecule has 1 aromatic heterocycles. The Balaban J connectivity index is 2.21. The van der Waals surface area contributed by atoms with Crippen molar-refractivity contribution in [3.8, 4) is 17.0 Å². The number of benzene rings is 2. The molecule has 4 nitrogen and oxygen atoms in total. The summed E-state index contributed by atoms with van der Waals surface area (Å²) < 4.78 is 0. The molecule has 94 valence electrons. The van der Waals surface area contributed by atoms with Crippen LogP contribution in [0.4, 0.5) is 0 Å². The van der Waals surface area contributed by atoms with E-state index in [9.17, 15) is 9.90 Å². The van der Waals surface area contributed by atoms with Crippen molar-refractivity contribution in [3.63, 3.8) is 0 Å². The number of carboxylic acid groups (broad SMARTS) is 1. The van der Waals surface area contributed by atoms with E-state index in [0.29, 0.717) is 11.3 Å². The highest BCUT2D eigenvalue weighted by molar-refractivity contribution is 5.95. The van der Waals surface area contributed by atoms with Crippen LogP contribution in [-0.4, -0.2) is 21.2 Å². The first-order valence-corrected chi connectivity index (χ1v) is 5.80. The standard InChI is InChI=1S/C15H11NO3/c17-14-10(5-3-6-11(14)15(18)19)13-8-9-4-1-2-7-12(9)16-13/h1-8,16-17H,(H,18,19). The molecule has 0 saturated heterocycles. The number of aromatic nitrogens is 1. The second kappa shape index (κ2) is 4.17. The van der Waals surface area contributed by atoms with Crippen LogP contribution in [0.5, 0.6) is 5.75 Å². The Labute approximate surface area is 108 Å². The minimum absolute atomic E-state index is 0.101. The van der Waals surface area contributed by atoms with Crippen LogP contribution in [0.2, 0.25) is 0 Å². The van der Waals surface area contributed by atoms with Gasteiger partial charge in [-0.3, -0.25) is 0 Å². The summed E-state index contributed by atoms with van der Waals surface area (Å²) >= 11 is 0. The lowest BCUT2D eigenvalue weighted by molar-refractivity contribution is 0.0694. The lowest BCUT2D eigenvalue weighted by atomic mass is 10.1. The predicted octanol–water partition coefficient (Wildman–Crippen LogP) is 3.24. The van der Waals surface area contributed by atoms with E-state index < -0.39 is 5.97 Å². The Morgan fingerprint density at radius 1 is 1.05 bits per heavy atom. The summed E-state index contributed by atoms with van der Waals surface area (Å²) in [6.07, 6.45) is 0. The predicted molar refractivity (Wildman–Crippen MR) is 72.4 cm³/mol. The zero-order valence-electron chi connectivity index (χ0n) is 9.92. The molecule has 3 N–H and O–H groups in total. The minimum Gasteiger partial charge on any atom is -0.506 e. The smallest absolute Gasteiger partial charge is 0.339 e. The second-order valence-electron chi connectivity index (χ2n) is 4.28. The highest BCUT2D eigenvalue weighted by atomic mass is 16.4. The quantitative estimate of drug-likeness (QED) is 0.656. The molecule has 2 aromatic carbocycles.